The maximum atomic E-state index is 12.7. The van der Waals surface area contributed by atoms with Gasteiger partial charge in [-0.3, -0.25) is 14.2 Å². The van der Waals surface area contributed by atoms with E-state index in [4.69, 9.17) is 9.47 Å². The van der Waals surface area contributed by atoms with Gasteiger partial charge in [0.2, 0.25) is 5.91 Å². The number of hydrogen-bond acceptors (Lipinski definition) is 6. The highest BCUT2D eigenvalue weighted by Crippen LogP contribution is 2.29. The fourth-order valence-corrected chi connectivity index (χ4v) is 2.81. The van der Waals surface area contributed by atoms with Crippen LogP contribution in [-0.4, -0.2) is 41.3 Å². The van der Waals surface area contributed by atoms with Crippen molar-refractivity contribution in [2.24, 2.45) is 0 Å². The van der Waals surface area contributed by atoms with Crippen molar-refractivity contribution in [1.29, 1.82) is 0 Å². The summed E-state index contributed by atoms with van der Waals surface area (Å²) in [5, 5.41) is 13.1. The topological polar surface area (TPSA) is 103 Å². The van der Waals surface area contributed by atoms with Crippen molar-refractivity contribution in [2.75, 3.05) is 20.8 Å². The summed E-state index contributed by atoms with van der Waals surface area (Å²) in [5.74, 6) is 0.466. The third-order valence-electron chi connectivity index (χ3n) is 4.32. The van der Waals surface area contributed by atoms with E-state index < -0.39 is 12.0 Å². The molecule has 0 saturated carbocycles. The van der Waals surface area contributed by atoms with Crippen molar-refractivity contribution in [1.82, 2.24) is 14.9 Å². The zero-order chi connectivity index (χ0) is 20.1. The average molecular weight is 383 g/mol. The number of benzene rings is 2. The number of carbonyl (C=O) groups excluding carboxylic acids is 1. The number of nitrogens with zero attached hydrogens (tertiary/aromatic N) is 2. The number of ether oxygens (including phenoxy) is 2. The molecule has 1 aromatic heterocycles. The second kappa shape index (κ2) is 8.53. The number of aromatic nitrogens is 2. The highest BCUT2D eigenvalue weighted by Gasteiger charge is 2.14. The van der Waals surface area contributed by atoms with Gasteiger partial charge < -0.3 is 19.9 Å². The van der Waals surface area contributed by atoms with E-state index in [0.29, 0.717) is 28.0 Å². The SMILES string of the molecule is COc1cc2ncn(CC(=O)NC[C@H](O)c3ccccc3)c(=O)c2cc1OC. The summed E-state index contributed by atoms with van der Waals surface area (Å²) in [6.45, 7) is -0.165. The predicted octanol–water partition coefficient (Wildman–Crippen LogP) is 1.26. The van der Waals surface area contributed by atoms with E-state index in [-0.39, 0.29) is 18.6 Å². The van der Waals surface area contributed by atoms with Crippen molar-refractivity contribution in [3.8, 4) is 11.5 Å². The van der Waals surface area contributed by atoms with Gasteiger partial charge in [-0.05, 0) is 11.6 Å². The van der Waals surface area contributed by atoms with Gasteiger partial charge >= 0.3 is 0 Å². The highest BCUT2D eigenvalue weighted by molar-refractivity contribution is 5.82. The largest absolute Gasteiger partial charge is 0.493 e. The first-order chi connectivity index (χ1) is 13.5. The predicted molar refractivity (Wildman–Crippen MR) is 104 cm³/mol. The van der Waals surface area contributed by atoms with Crippen molar-refractivity contribution < 1.29 is 19.4 Å². The van der Waals surface area contributed by atoms with E-state index in [2.05, 4.69) is 10.3 Å². The Morgan fingerprint density at radius 2 is 1.86 bits per heavy atom. The lowest BCUT2D eigenvalue weighted by Crippen LogP contribution is -2.34. The Morgan fingerprint density at radius 3 is 2.54 bits per heavy atom. The molecule has 3 aromatic rings. The Labute approximate surface area is 161 Å². The summed E-state index contributed by atoms with van der Waals surface area (Å²) in [6.07, 6.45) is 0.484. The molecule has 28 heavy (non-hydrogen) atoms. The lowest BCUT2D eigenvalue weighted by molar-refractivity contribution is -0.122. The number of methoxy groups -OCH3 is 2. The standard InChI is InChI=1S/C20H21N3O5/c1-27-17-8-14-15(9-18(17)28-2)22-12-23(20(14)26)11-19(25)21-10-16(24)13-6-4-3-5-7-13/h3-9,12,16,24H,10-11H2,1-2H3,(H,21,25)/t16-/m0/s1. The van der Waals surface area contributed by atoms with Crippen molar-refractivity contribution in [2.45, 2.75) is 12.6 Å². The molecule has 0 saturated heterocycles. The summed E-state index contributed by atoms with van der Waals surface area (Å²) in [5.41, 5.74) is 0.775. The molecule has 0 unspecified atom stereocenters. The zero-order valence-corrected chi connectivity index (χ0v) is 15.6. The number of hydrogen-bond donors (Lipinski definition) is 2. The quantitative estimate of drug-likeness (QED) is 0.637. The summed E-state index contributed by atoms with van der Waals surface area (Å²) < 4.78 is 11.6. The Kier molecular flexibility index (Phi) is 5.90. The van der Waals surface area contributed by atoms with Crippen LogP contribution in [0.4, 0.5) is 0 Å². The van der Waals surface area contributed by atoms with E-state index in [9.17, 15) is 14.7 Å². The minimum absolute atomic E-state index is 0.0453. The third kappa shape index (κ3) is 4.12. The summed E-state index contributed by atoms with van der Waals surface area (Å²) in [6, 6.07) is 12.2. The van der Waals surface area contributed by atoms with Crippen LogP contribution in [0.25, 0.3) is 10.9 Å². The van der Waals surface area contributed by atoms with E-state index in [1.807, 2.05) is 18.2 Å². The second-order valence-electron chi connectivity index (χ2n) is 6.13. The number of aliphatic hydroxyl groups is 1. The van der Waals surface area contributed by atoms with Gasteiger partial charge in [0.25, 0.3) is 5.56 Å². The molecule has 146 valence electrons. The van der Waals surface area contributed by atoms with Crippen LogP contribution in [0.2, 0.25) is 0 Å². The zero-order valence-electron chi connectivity index (χ0n) is 15.6. The number of amides is 1. The average Bonchev–Trinajstić information content (AvgIpc) is 2.73. The van der Waals surface area contributed by atoms with Crippen LogP contribution < -0.4 is 20.3 Å². The van der Waals surface area contributed by atoms with Gasteiger partial charge in [-0.2, -0.15) is 0 Å². The van der Waals surface area contributed by atoms with Crippen LogP contribution in [0.1, 0.15) is 11.7 Å². The van der Waals surface area contributed by atoms with Gasteiger partial charge in [0.1, 0.15) is 6.54 Å². The molecule has 0 bridgehead atoms. The maximum Gasteiger partial charge on any atom is 0.261 e. The van der Waals surface area contributed by atoms with Crippen LogP contribution in [0.15, 0.2) is 53.6 Å². The molecule has 8 nitrogen and oxygen atoms in total. The van der Waals surface area contributed by atoms with Gasteiger partial charge in [0.05, 0.1) is 37.6 Å². The van der Waals surface area contributed by atoms with Crippen LogP contribution in [0.5, 0.6) is 11.5 Å². The van der Waals surface area contributed by atoms with Gasteiger partial charge in [-0.15, -0.1) is 0 Å². The molecule has 3 rings (SSSR count). The molecule has 8 heteroatoms. The summed E-state index contributed by atoms with van der Waals surface area (Å²) in [7, 11) is 2.98. The molecular formula is C20H21N3O5. The molecule has 0 aliphatic rings. The van der Waals surface area contributed by atoms with E-state index in [0.717, 1.165) is 0 Å². The normalized spacial score (nSPS) is 11.8. The van der Waals surface area contributed by atoms with E-state index in [1.165, 1.54) is 31.2 Å². The van der Waals surface area contributed by atoms with Gasteiger partial charge in [-0.1, -0.05) is 30.3 Å². The number of aliphatic hydroxyl groups excluding tert-OH is 1. The van der Waals surface area contributed by atoms with Gasteiger partial charge in [0, 0.05) is 12.6 Å². The molecule has 2 N–H and O–H groups in total. The molecule has 2 aromatic carbocycles. The lowest BCUT2D eigenvalue weighted by atomic mass is 10.1. The van der Waals surface area contributed by atoms with Crippen LogP contribution in [-0.2, 0) is 11.3 Å². The lowest BCUT2D eigenvalue weighted by Gasteiger charge is -2.13. The first kappa shape index (κ1) is 19.4. The van der Waals surface area contributed by atoms with Gasteiger partial charge in [0.15, 0.2) is 11.5 Å². The Balaban J connectivity index is 1.74. The van der Waals surface area contributed by atoms with Gasteiger partial charge in [-0.25, -0.2) is 4.98 Å². The summed E-state index contributed by atoms with van der Waals surface area (Å²) >= 11 is 0. The Morgan fingerprint density at radius 1 is 1.18 bits per heavy atom. The summed E-state index contributed by atoms with van der Waals surface area (Å²) in [4.78, 5) is 29.1. The molecule has 0 aliphatic carbocycles. The Bertz CT molecular complexity index is 1030. The van der Waals surface area contributed by atoms with Crippen LogP contribution >= 0.6 is 0 Å². The van der Waals surface area contributed by atoms with Crippen LogP contribution in [0, 0.1) is 0 Å². The molecule has 0 radical (unpaired) electrons. The number of carbonyl (C=O) groups is 1. The molecular weight excluding hydrogens is 362 g/mol. The molecule has 1 amide bonds. The van der Waals surface area contributed by atoms with Crippen molar-refractivity contribution in [3.63, 3.8) is 0 Å². The van der Waals surface area contributed by atoms with Crippen molar-refractivity contribution in [3.05, 3.63) is 64.7 Å². The first-order valence-electron chi connectivity index (χ1n) is 8.64. The minimum Gasteiger partial charge on any atom is -0.493 e. The third-order valence-corrected chi connectivity index (χ3v) is 4.32. The first-order valence-corrected chi connectivity index (χ1v) is 8.64. The fraction of sp³-hybridized carbons (Fsp3) is 0.250. The van der Waals surface area contributed by atoms with Crippen molar-refractivity contribution >= 4 is 16.8 Å². The fourth-order valence-electron chi connectivity index (χ4n) is 2.81. The molecule has 0 fully saturated rings. The van der Waals surface area contributed by atoms with E-state index >= 15 is 0 Å². The van der Waals surface area contributed by atoms with Crippen LogP contribution in [0.3, 0.4) is 0 Å². The minimum atomic E-state index is -0.826. The second-order valence-corrected chi connectivity index (χ2v) is 6.13. The Hall–Kier alpha value is -3.39. The highest BCUT2D eigenvalue weighted by atomic mass is 16.5. The number of fused-ring (bicyclic) bond motifs is 1. The molecule has 1 heterocycles. The molecule has 1 atom stereocenters. The molecule has 0 spiro atoms. The monoisotopic (exact) mass is 383 g/mol. The van der Waals surface area contributed by atoms with E-state index in [1.54, 1.807) is 18.2 Å². The number of nitrogens with one attached hydrogen (secondary N) is 1. The maximum absolute atomic E-state index is 12.7. The smallest absolute Gasteiger partial charge is 0.261 e. The number of rotatable bonds is 7. The molecule has 0 aliphatic heterocycles.